The van der Waals surface area contributed by atoms with Crippen LogP contribution < -0.4 is 0 Å². The fourth-order valence-corrected chi connectivity index (χ4v) is 1.19. The van der Waals surface area contributed by atoms with Gasteiger partial charge in [-0.1, -0.05) is 16.9 Å². The predicted molar refractivity (Wildman–Crippen MR) is 38.5 cm³/mol. The van der Waals surface area contributed by atoms with Crippen molar-refractivity contribution in [1.29, 1.82) is 0 Å². The quantitative estimate of drug-likeness (QED) is 0.548. The van der Waals surface area contributed by atoms with E-state index in [4.69, 9.17) is 5.11 Å². The summed E-state index contributed by atoms with van der Waals surface area (Å²) < 4.78 is 11.0. The molecule has 0 rings (SSSR count). The van der Waals surface area contributed by atoms with Gasteiger partial charge < -0.3 is 5.11 Å². The Morgan fingerprint density at radius 3 is 2.22 bits per heavy atom. The zero-order valence-corrected chi connectivity index (χ0v) is 6.52. The molecule has 3 nitrogen and oxygen atoms in total. The summed E-state index contributed by atoms with van der Waals surface area (Å²) in [5.41, 5.74) is 0. The molecule has 4 heteroatoms. The van der Waals surface area contributed by atoms with Crippen molar-refractivity contribution in [2.45, 2.75) is 6.92 Å². The molecule has 56 valence electrons. The average Bonchev–Trinajstić information content (AvgIpc) is 1.63. The molecule has 0 amide bonds. The largest absolute Gasteiger partial charge is 0.481 e. The first-order chi connectivity index (χ1) is 3.98. The molecule has 0 saturated heterocycles. The average molecular weight is 152 g/mol. The van der Waals surface area contributed by atoms with Gasteiger partial charge in [-0.3, -0.25) is 9.00 Å². The van der Waals surface area contributed by atoms with Gasteiger partial charge in [0.1, 0.15) is 0 Å². The fraction of sp³-hybridized carbons (Fsp3) is 0.800. The van der Waals surface area contributed by atoms with Gasteiger partial charge in [0.2, 0.25) is 0 Å². The summed E-state index contributed by atoms with van der Waals surface area (Å²) >= 11 is 0. The number of aliphatic carboxylic acids is 1. The number of carboxylic acids is 1. The first-order valence-corrected chi connectivity index (χ1v) is 5.28. The maximum Gasteiger partial charge on any atom is 0.314 e. The van der Waals surface area contributed by atoms with Crippen LogP contribution in [0, 0.1) is 0 Å². The highest BCUT2D eigenvalue weighted by atomic mass is 32.2. The predicted octanol–water partition coefficient (Wildman–Crippen LogP) is -0.263. The van der Waals surface area contributed by atoms with Crippen molar-refractivity contribution in [2.24, 2.45) is 0 Å². The van der Waals surface area contributed by atoms with Gasteiger partial charge in [-0.15, -0.1) is 0 Å². The molecule has 0 aliphatic rings. The molecule has 0 fully saturated rings. The van der Waals surface area contributed by atoms with Gasteiger partial charge >= 0.3 is 5.97 Å². The minimum absolute atomic E-state index is 0.177. The molecule has 0 aliphatic heterocycles. The molecule has 0 saturated carbocycles. The normalized spacial score (nSPS) is 13.1. The molecule has 0 aromatic heterocycles. The summed E-state index contributed by atoms with van der Waals surface area (Å²) in [5, 5.41) is 8.21. The van der Waals surface area contributed by atoms with Crippen molar-refractivity contribution < 1.29 is 14.1 Å². The molecule has 1 N–H and O–H groups in total. The van der Waals surface area contributed by atoms with Crippen molar-refractivity contribution in [2.75, 3.05) is 17.8 Å². The van der Waals surface area contributed by atoms with E-state index in [1.807, 2.05) is 0 Å². The second-order valence-electron chi connectivity index (χ2n) is 2.16. The number of rotatable bonds is 3. The van der Waals surface area contributed by atoms with E-state index >= 15 is 0 Å². The van der Waals surface area contributed by atoms with Crippen LogP contribution in [-0.2, 0) is 14.7 Å². The van der Waals surface area contributed by atoms with Gasteiger partial charge in [-0.2, -0.15) is 0 Å². The van der Waals surface area contributed by atoms with Crippen molar-refractivity contribution in [3.8, 4) is 0 Å². The van der Waals surface area contributed by atoms with E-state index in [2.05, 4.69) is 0 Å². The zero-order chi connectivity index (χ0) is 7.49. The highest BCUT2D eigenvalue weighted by Gasteiger charge is 2.09. The first-order valence-electron chi connectivity index (χ1n) is 2.75. The third-order valence-corrected chi connectivity index (χ3v) is 3.42. The van der Waals surface area contributed by atoms with E-state index in [1.54, 1.807) is 6.92 Å². The number of hydrogen-bond acceptors (Lipinski definition) is 2. The Morgan fingerprint density at radius 1 is 1.67 bits per heavy atom. The maximum atomic E-state index is 11.0. The molecule has 0 unspecified atom stereocenters. The van der Waals surface area contributed by atoms with Crippen LogP contribution in [0.5, 0.6) is 0 Å². The van der Waals surface area contributed by atoms with Crippen LogP contribution in [0.25, 0.3) is 0 Å². The van der Waals surface area contributed by atoms with Crippen molar-refractivity contribution >= 4 is 15.9 Å². The van der Waals surface area contributed by atoms with Crippen molar-refractivity contribution in [3.63, 3.8) is 0 Å². The molecule has 0 aliphatic carbocycles. The van der Waals surface area contributed by atoms with Crippen LogP contribution in [0.4, 0.5) is 0 Å². The van der Waals surface area contributed by atoms with Crippen LogP contribution in [-0.4, -0.2) is 33.0 Å². The van der Waals surface area contributed by atoms with E-state index in [9.17, 15) is 9.00 Å². The maximum absolute atomic E-state index is 11.0. The van der Waals surface area contributed by atoms with E-state index in [0.717, 1.165) is 0 Å². The lowest BCUT2D eigenvalue weighted by molar-refractivity contribution is -0.134. The van der Waals surface area contributed by atoms with Gasteiger partial charge in [0.25, 0.3) is 0 Å². The van der Waals surface area contributed by atoms with E-state index in [0.29, 0.717) is 5.75 Å². The van der Waals surface area contributed by atoms with Gasteiger partial charge in [-0.05, 0) is 12.0 Å². The van der Waals surface area contributed by atoms with E-state index in [1.165, 1.54) is 6.26 Å². The second kappa shape index (κ2) is 2.96. The zero-order valence-electron chi connectivity index (χ0n) is 5.63. The Hall–Kier alpha value is -0.380. The third-order valence-electron chi connectivity index (χ3n) is 1.14. The molecule has 0 bridgehead atoms. The van der Waals surface area contributed by atoms with Crippen LogP contribution in [0.3, 0.4) is 0 Å². The molecule has 0 atom stereocenters. The number of carboxylic acid groups (broad SMARTS) is 1. The molecule has 0 heterocycles. The molecule has 0 radical (unpaired) electrons. The highest BCUT2D eigenvalue weighted by molar-refractivity contribution is 8.02. The Kier molecular flexibility index (Phi) is 2.84. The molecular formula is C5H12O3S. The summed E-state index contributed by atoms with van der Waals surface area (Å²) in [6, 6.07) is 0. The standard InChI is InChI=1S/C5H12O3S/c1-3-9(2,8)4-5(6)7/h9H,3-4H2,1-2H3,(H,6,7). The number of hydrogen-bond donors (Lipinski definition) is 2. The molecule has 0 aromatic rings. The summed E-state index contributed by atoms with van der Waals surface area (Å²) in [4.78, 5) is 10.0. The van der Waals surface area contributed by atoms with Crippen LogP contribution >= 0.6 is 0 Å². The third kappa shape index (κ3) is 4.14. The summed E-state index contributed by atoms with van der Waals surface area (Å²) in [6.45, 7) is 1.74. The molecule has 9 heavy (non-hydrogen) atoms. The number of thiol groups is 1. The lowest BCUT2D eigenvalue weighted by Gasteiger charge is -2.11. The molecule has 0 aromatic carbocycles. The Balaban J connectivity index is 3.88. The smallest absolute Gasteiger partial charge is 0.314 e. The van der Waals surface area contributed by atoms with E-state index < -0.39 is 15.9 Å². The molecule has 0 spiro atoms. The lowest BCUT2D eigenvalue weighted by atomic mass is 10.8. The summed E-state index contributed by atoms with van der Waals surface area (Å²) in [7, 11) is -2.33. The highest BCUT2D eigenvalue weighted by Crippen LogP contribution is 1.96. The molecular weight excluding hydrogens is 140 g/mol. The summed E-state index contributed by atoms with van der Waals surface area (Å²) in [5.74, 6) is -0.675. The van der Waals surface area contributed by atoms with Gasteiger partial charge in [0, 0.05) is 0 Å². The first kappa shape index (κ1) is 8.62. The minimum Gasteiger partial charge on any atom is -0.481 e. The fourth-order valence-electron chi connectivity index (χ4n) is 0.398. The minimum atomic E-state index is -2.33. The SMILES string of the molecule is CC[SH](C)(=O)CC(=O)O. The Bertz CT molecular complexity index is 152. The Labute approximate surface area is 55.5 Å². The van der Waals surface area contributed by atoms with Crippen molar-refractivity contribution in [1.82, 2.24) is 0 Å². The topological polar surface area (TPSA) is 54.4 Å². The van der Waals surface area contributed by atoms with Crippen molar-refractivity contribution in [3.05, 3.63) is 0 Å². The van der Waals surface area contributed by atoms with Crippen LogP contribution in [0.2, 0.25) is 0 Å². The monoisotopic (exact) mass is 152 g/mol. The summed E-state index contributed by atoms with van der Waals surface area (Å²) in [6.07, 6.45) is 1.52. The second-order valence-corrected chi connectivity index (χ2v) is 5.71. The van der Waals surface area contributed by atoms with Gasteiger partial charge in [0.15, 0.2) is 0 Å². The van der Waals surface area contributed by atoms with Gasteiger partial charge in [-0.25, -0.2) is 0 Å². The lowest BCUT2D eigenvalue weighted by Crippen LogP contribution is -2.23. The van der Waals surface area contributed by atoms with Crippen LogP contribution in [0.15, 0.2) is 0 Å². The van der Waals surface area contributed by atoms with Gasteiger partial charge in [0.05, 0.1) is 5.75 Å². The number of carbonyl (C=O) groups is 1. The van der Waals surface area contributed by atoms with Crippen LogP contribution in [0.1, 0.15) is 6.92 Å². The van der Waals surface area contributed by atoms with E-state index in [-0.39, 0.29) is 5.75 Å². The Morgan fingerprint density at radius 2 is 2.11 bits per heavy atom.